The number of carboxylic acids is 1. The van der Waals surface area contributed by atoms with Crippen LogP contribution in [0.3, 0.4) is 0 Å². The Kier molecular flexibility index (Phi) is 13.1. The Hall–Kier alpha value is -4.15. The Morgan fingerprint density at radius 1 is 0.929 bits per heavy atom. The Morgan fingerprint density at radius 2 is 1.64 bits per heavy atom. The number of methoxy groups -OCH3 is 1. The maximum atomic E-state index is 13.2. The smallest absolute Gasteiger partial charge is 0.415 e. The van der Waals surface area contributed by atoms with Crippen molar-refractivity contribution < 1.29 is 42.8 Å². The van der Waals surface area contributed by atoms with Crippen LogP contribution in [0.15, 0.2) is 66.7 Å². The first-order valence-corrected chi connectivity index (χ1v) is 13.8. The molecule has 0 heterocycles. The van der Waals surface area contributed by atoms with E-state index in [0.29, 0.717) is 50.0 Å². The first kappa shape index (κ1) is 32.4. The summed E-state index contributed by atoms with van der Waals surface area (Å²) in [6.45, 7) is 5.49. The van der Waals surface area contributed by atoms with E-state index >= 15 is 0 Å². The number of aliphatic carboxylic acids is 1. The molecule has 1 N–H and O–H groups in total. The van der Waals surface area contributed by atoms with Crippen molar-refractivity contribution in [2.45, 2.75) is 39.4 Å². The molecule has 1 unspecified atom stereocenters. The fourth-order valence-corrected chi connectivity index (χ4v) is 4.07. The van der Waals surface area contributed by atoms with E-state index in [4.69, 9.17) is 23.7 Å². The van der Waals surface area contributed by atoms with Crippen molar-refractivity contribution in [1.29, 1.82) is 0 Å². The van der Waals surface area contributed by atoms with Gasteiger partial charge in [0.05, 0.1) is 20.3 Å². The lowest BCUT2D eigenvalue weighted by Gasteiger charge is -2.23. The topological polar surface area (TPSA) is 104 Å². The van der Waals surface area contributed by atoms with E-state index in [9.17, 15) is 19.1 Å². The van der Waals surface area contributed by atoms with E-state index < -0.39 is 18.2 Å². The average Bonchev–Trinajstić information content (AvgIpc) is 2.97. The number of amides is 1. The largest absolute Gasteiger partial charge is 0.493 e. The van der Waals surface area contributed by atoms with Crippen LogP contribution in [-0.2, 0) is 27.3 Å². The van der Waals surface area contributed by atoms with E-state index in [0.717, 1.165) is 16.7 Å². The number of rotatable bonds is 17. The summed E-state index contributed by atoms with van der Waals surface area (Å²) in [5, 5.41) is 9.30. The van der Waals surface area contributed by atoms with Gasteiger partial charge in [-0.3, -0.25) is 0 Å². The van der Waals surface area contributed by atoms with Gasteiger partial charge in [0.25, 0.3) is 0 Å². The highest BCUT2D eigenvalue weighted by molar-refractivity contribution is 5.73. The molecule has 3 rings (SSSR count). The second kappa shape index (κ2) is 17.0. The van der Waals surface area contributed by atoms with Crippen molar-refractivity contribution in [2.24, 2.45) is 0 Å². The lowest BCUT2D eigenvalue weighted by atomic mass is 10.1. The zero-order valence-electron chi connectivity index (χ0n) is 24.2. The van der Waals surface area contributed by atoms with Gasteiger partial charge in [-0.05, 0) is 73.4 Å². The van der Waals surface area contributed by atoms with Crippen molar-refractivity contribution in [3.8, 4) is 17.2 Å². The molecule has 0 bridgehead atoms. The van der Waals surface area contributed by atoms with Gasteiger partial charge in [0.2, 0.25) is 0 Å². The summed E-state index contributed by atoms with van der Waals surface area (Å²) in [5.74, 6) is 0.0435. The molecule has 0 aliphatic carbocycles. The lowest BCUT2D eigenvalue weighted by molar-refractivity contribution is -0.149. The van der Waals surface area contributed by atoms with Crippen molar-refractivity contribution >= 4 is 12.1 Å². The number of carboxylic acid groups (broad SMARTS) is 1. The summed E-state index contributed by atoms with van der Waals surface area (Å²) < 4.78 is 41.0. The number of aryl methyl sites for hydroxylation is 1. The fourth-order valence-electron chi connectivity index (χ4n) is 4.07. The minimum absolute atomic E-state index is 0.201. The van der Waals surface area contributed by atoms with Crippen LogP contribution in [0.2, 0.25) is 0 Å². The van der Waals surface area contributed by atoms with Crippen molar-refractivity contribution in [3.05, 3.63) is 89.2 Å². The Labute approximate surface area is 245 Å². The fraction of sp³-hybridized carbons (Fsp3) is 0.375. The maximum Gasteiger partial charge on any atom is 0.415 e. The third-order valence-electron chi connectivity index (χ3n) is 6.29. The molecule has 0 saturated heterocycles. The highest BCUT2D eigenvalue weighted by Gasteiger charge is 2.19. The van der Waals surface area contributed by atoms with E-state index in [1.165, 1.54) is 24.1 Å². The molecular formula is C32H38FNO8. The van der Waals surface area contributed by atoms with Crippen molar-refractivity contribution in [1.82, 2.24) is 4.90 Å². The lowest BCUT2D eigenvalue weighted by Crippen LogP contribution is -2.38. The molecule has 42 heavy (non-hydrogen) atoms. The third-order valence-corrected chi connectivity index (χ3v) is 6.29. The number of carbonyl (C=O) groups is 2. The predicted octanol–water partition coefficient (Wildman–Crippen LogP) is 5.66. The first-order valence-electron chi connectivity index (χ1n) is 13.8. The summed E-state index contributed by atoms with van der Waals surface area (Å²) in [5.41, 5.74) is 2.58. The summed E-state index contributed by atoms with van der Waals surface area (Å²) in [7, 11) is 1.51. The van der Waals surface area contributed by atoms with Crippen molar-refractivity contribution in [3.63, 3.8) is 0 Å². The number of benzene rings is 3. The molecule has 1 amide bonds. The Bertz CT molecular complexity index is 1270. The predicted molar refractivity (Wildman–Crippen MR) is 155 cm³/mol. The van der Waals surface area contributed by atoms with Crippen LogP contribution in [0, 0.1) is 12.7 Å². The van der Waals surface area contributed by atoms with Crippen molar-refractivity contribution in [2.75, 3.05) is 40.0 Å². The van der Waals surface area contributed by atoms with Gasteiger partial charge in [-0.2, -0.15) is 0 Å². The van der Waals surface area contributed by atoms with Crippen LogP contribution in [0.1, 0.15) is 30.0 Å². The summed E-state index contributed by atoms with van der Waals surface area (Å²) in [4.78, 5) is 26.1. The quantitative estimate of drug-likeness (QED) is 0.203. The normalized spacial score (nSPS) is 11.5. The van der Waals surface area contributed by atoms with Gasteiger partial charge in [0, 0.05) is 26.2 Å². The molecule has 0 fully saturated rings. The van der Waals surface area contributed by atoms with E-state index in [-0.39, 0.29) is 25.4 Å². The molecule has 0 aromatic heterocycles. The minimum Gasteiger partial charge on any atom is -0.493 e. The Balaban J connectivity index is 1.56. The number of hydrogen-bond donors (Lipinski definition) is 1. The van der Waals surface area contributed by atoms with Gasteiger partial charge in [-0.1, -0.05) is 30.3 Å². The number of halogens is 1. The molecule has 226 valence electrons. The molecule has 0 spiro atoms. The zero-order valence-corrected chi connectivity index (χ0v) is 24.2. The summed E-state index contributed by atoms with van der Waals surface area (Å²) in [6, 6.07) is 18.5. The molecular weight excluding hydrogens is 545 g/mol. The second-order valence-corrected chi connectivity index (χ2v) is 9.52. The molecule has 3 aromatic carbocycles. The molecule has 0 saturated carbocycles. The van der Waals surface area contributed by atoms with Crippen LogP contribution in [0.5, 0.6) is 17.2 Å². The van der Waals surface area contributed by atoms with Gasteiger partial charge in [0.1, 0.15) is 18.2 Å². The molecule has 0 aliphatic heterocycles. The van der Waals surface area contributed by atoms with Crippen LogP contribution in [-0.4, -0.2) is 68.2 Å². The number of nitrogens with zero attached hydrogens (tertiary/aromatic N) is 1. The molecule has 1 atom stereocenters. The minimum atomic E-state index is -1.01. The van der Waals surface area contributed by atoms with Gasteiger partial charge in [-0.15, -0.1) is 0 Å². The summed E-state index contributed by atoms with van der Waals surface area (Å²) in [6.07, 6.45) is -0.671. The molecule has 0 aliphatic rings. The second-order valence-electron chi connectivity index (χ2n) is 9.52. The van der Waals surface area contributed by atoms with Gasteiger partial charge < -0.3 is 33.7 Å². The average molecular weight is 584 g/mol. The molecule has 10 heteroatoms. The number of ether oxygens (including phenoxy) is 5. The third kappa shape index (κ3) is 10.7. The molecule has 9 nitrogen and oxygen atoms in total. The van der Waals surface area contributed by atoms with E-state index in [2.05, 4.69) is 0 Å². The van der Waals surface area contributed by atoms with E-state index in [1.807, 2.05) is 13.0 Å². The van der Waals surface area contributed by atoms with Gasteiger partial charge in [0.15, 0.2) is 17.6 Å². The van der Waals surface area contributed by atoms with Crippen LogP contribution in [0.4, 0.5) is 9.18 Å². The number of carbonyl (C=O) groups excluding carboxylic acids is 1. The highest BCUT2D eigenvalue weighted by Crippen LogP contribution is 2.28. The monoisotopic (exact) mass is 583 g/mol. The van der Waals surface area contributed by atoms with Crippen LogP contribution in [0.25, 0.3) is 0 Å². The van der Waals surface area contributed by atoms with Crippen LogP contribution < -0.4 is 14.2 Å². The first-order chi connectivity index (χ1) is 20.3. The molecule has 3 aromatic rings. The summed E-state index contributed by atoms with van der Waals surface area (Å²) >= 11 is 0. The van der Waals surface area contributed by atoms with Gasteiger partial charge >= 0.3 is 12.1 Å². The number of hydrogen-bond acceptors (Lipinski definition) is 7. The maximum absolute atomic E-state index is 13.2. The molecule has 0 radical (unpaired) electrons. The zero-order chi connectivity index (χ0) is 30.3. The van der Waals surface area contributed by atoms with E-state index in [1.54, 1.807) is 55.5 Å². The SMILES string of the molecule is CCOC(Cc1ccc(OCCN(CCCOCc2ccc(F)cc2)C(=O)Oc2cc(C)ccc2OC)cc1)C(=O)O. The highest BCUT2D eigenvalue weighted by atomic mass is 19.1. The standard InChI is InChI=1S/C32H38FNO8/c1-4-40-30(31(35)36)21-24-9-13-27(14-10-24)41-19-17-34(16-5-18-39-22-25-7-11-26(33)12-8-25)32(37)42-29-20-23(2)6-15-28(29)38-3/h6-15,20,30H,4-5,16-19,21-22H2,1-3H3,(H,35,36). The Morgan fingerprint density at radius 3 is 2.31 bits per heavy atom. The van der Waals surface area contributed by atoms with Crippen LogP contribution >= 0.6 is 0 Å². The van der Waals surface area contributed by atoms with Gasteiger partial charge in [-0.25, -0.2) is 14.0 Å².